The van der Waals surface area contributed by atoms with Gasteiger partial charge in [0.1, 0.15) is 0 Å². The highest BCUT2D eigenvalue weighted by atomic mass is 32.2. The lowest BCUT2D eigenvalue weighted by molar-refractivity contribution is -0.155. The topological polar surface area (TPSA) is 104 Å². The van der Waals surface area contributed by atoms with Crippen LogP contribution in [0.2, 0.25) is 0 Å². The molecule has 1 unspecified atom stereocenters. The third kappa shape index (κ3) is 3.76. The number of sulfonamides is 1. The first-order valence-corrected chi connectivity index (χ1v) is 7.07. The van der Waals surface area contributed by atoms with Gasteiger partial charge in [-0.15, -0.1) is 0 Å². The summed E-state index contributed by atoms with van der Waals surface area (Å²) in [5, 5.41) is 18.2. The van der Waals surface area contributed by atoms with E-state index < -0.39 is 28.1 Å². The van der Waals surface area contributed by atoms with Crippen LogP contribution in [0.25, 0.3) is 0 Å². The summed E-state index contributed by atoms with van der Waals surface area (Å²) >= 11 is 0. The normalized spacial score (nSPS) is 14.9. The minimum absolute atomic E-state index is 0.0775. The molecule has 3 N–H and O–H groups in total. The highest BCUT2D eigenvalue weighted by molar-refractivity contribution is 7.89. The Morgan fingerprint density at radius 1 is 1.37 bits per heavy atom. The molecule has 0 aliphatic rings. The van der Waals surface area contributed by atoms with Gasteiger partial charge in [0.15, 0.2) is 5.60 Å². The molecule has 0 radical (unpaired) electrons. The lowest BCUT2D eigenvalue weighted by Crippen LogP contribution is -2.46. The number of rotatable bonds is 5. The molecule has 1 aromatic rings. The summed E-state index contributed by atoms with van der Waals surface area (Å²) in [6, 6.07) is 4.94. The summed E-state index contributed by atoms with van der Waals surface area (Å²) in [4.78, 5) is 10.8. The fraction of sp³-hybridized carbons (Fsp3) is 0.417. The van der Waals surface area contributed by atoms with Crippen molar-refractivity contribution in [1.29, 1.82) is 0 Å². The second-order valence-corrected chi connectivity index (χ2v) is 6.41. The second-order valence-electron chi connectivity index (χ2n) is 4.67. The predicted molar refractivity (Wildman–Crippen MR) is 69.4 cm³/mol. The molecule has 0 bridgehead atoms. The van der Waals surface area contributed by atoms with Crippen molar-refractivity contribution in [2.24, 2.45) is 0 Å². The Kier molecular flexibility index (Phi) is 4.34. The van der Waals surface area contributed by atoms with E-state index in [0.717, 1.165) is 12.5 Å². The van der Waals surface area contributed by atoms with E-state index in [4.69, 9.17) is 5.11 Å². The van der Waals surface area contributed by atoms with Gasteiger partial charge in [-0.25, -0.2) is 17.9 Å². The lowest BCUT2D eigenvalue weighted by atomic mass is 10.1. The zero-order chi connectivity index (χ0) is 14.8. The van der Waals surface area contributed by atoms with Crippen LogP contribution in [0.4, 0.5) is 0 Å². The van der Waals surface area contributed by atoms with Gasteiger partial charge in [-0.05, 0) is 38.0 Å². The van der Waals surface area contributed by atoms with Crippen molar-refractivity contribution in [2.45, 2.75) is 31.3 Å². The van der Waals surface area contributed by atoms with Crippen molar-refractivity contribution in [3.05, 3.63) is 29.3 Å². The molecule has 1 aromatic carbocycles. The fourth-order valence-corrected chi connectivity index (χ4v) is 2.85. The van der Waals surface area contributed by atoms with E-state index in [1.54, 1.807) is 26.0 Å². The van der Waals surface area contributed by atoms with Crippen LogP contribution >= 0.6 is 0 Å². The number of carbonyl (C=O) groups is 1. The first kappa shape index (κ1) is 15.6. The summed E-state index contributed by atoms with van der Waals surface area (Å²) in [6.07, 6.45) is 0. The van der Waals surface area contributed by atoms with E-state index in [0.29, 0.717) is 5.56 Å². The molecule has 0 saturated carbocycles. The van der Waals surface area contributed by atoms with Gasteiger partial charge in [-0.1, -0.05) is 12.1 Å². The van der Waals surface area contributed by atoms with E-state index >= 15 is 0 Å². The van der Waals surface area contributed by atoms with E-state index in [9.17, 15) is 18.3 Å². The highest BCUT2D eigenvalue weighted by Crippen LogP contribution is 2.17. The molecule has 0 fully saturated rings. The van der Waals surface area contributed by atoms with E-state index in [1.807, 2.05) is 0 Å². The van der Waals surface area contributed by atoms with Crippen molar-refractivity contribution in [2.75, 3.05) is 6.54 Å². The maximum absolute atomic E-state index is 12.1. The number of aliphatic carboxylic acids is 1. The molecular weight excluding hydrogens is 270 g/mol. The van der Waals surface area contributed by atoms with Crippen LogP contribution in [0, 0.1) is 13.8 Å². The molecule has 0 aliphatic heterocycles. The number of hydrogen-bond donors (Lipinski definition) is 3. The highest BCUT2D eigenvalue weighted by Gasteiger charge is 2.32. The molecular formula is C12H17NO5S. The molecule has 0 aliphatic carbocycles. The Labute approximate surface area is 112 Å². The van der Waals surface area contributed by atoms with Gasteiger partial charge in [0.2, 0.25) is 10.0 Å². The van der Waals surface area contributed by atoms with Crippen molar-refractivity contribution in [3.8, 4) is 0 Å². The number of carboxylic acid groups (broad SMARTS) is 1. The first-order valence-electron chi connectivity index (χ1n) is 5.59. The quantitative estimate of drug-likeness (QED) is 0.728. The fourth-order valence-electron chi connectivity index (χ4n) is 1.39. The zero-order valence-corrected chi connectivity index (χ0v) is 11.8. The van der Waals surface area contributed by atoms with Gasteiger partial charge in [0.05, 0.1) is 11.4 Å². The zero-order valence-electron chi connectivity index (χ0n) is 11.0. The molecule has 106 valence electrons. The van der Waals surface area contributed by atoms with Crippen molar-refractivity contribution in [3.63, 3.8) is 0 Å². The minimum Gasteiger partial charge on any atom is -0.479 e. The van der Waals surface area contributed by atoms with Crippen LogP contribution in [0.5, 0.6) is 0 Å². The smallest absolute Gasteiger partial charge is 0.336 e. The SMILES string of the molecule is Cc1ccc(C)c(S(=O)(=O)NCC(C)(O)C(=O)O)c1. The van der Waals surface area contributed by atoms with E-state index in [-0.39, 0.29) is 4.90 Å². The van der Waals surface area contributed by atoms with Gasteiger partial charge in [0, 0.05) is 0 Å². The first-order chi connectivity index (χ1) is 8.56. The number of aryl methyl sites for hydroxylation is 2. The largest absolute Gasteiger partial charge is 0.479 e. The predicted octanol–water partition coefficient (Wildman–Crippen LogP) is 0.417. The van der Waals surface area contributed by atoms with Crippen LogP contribution < -0.4 is 4.72 Å². The minimum atomic E-state index is -3.85. The van der Waals surface area contributed by atoms with E-state index in [2.05, 4.69) is 4.72 Å². The molecule has 19 heavy (non-hydrogen) atoms. The number of hydrogen-bond acceptors (Lipinski definition) is 4. The van der Waals surface area contributed by atoms with Gasteiger partial charge in [-0.2, -0.15) is 0 Å². The van der Waals surface area contributed by atoms with Crippen molar-refractivity contribution >= 4 is 16.0 Å². The number of nitrogens with one attached hydrogen (secondary N) is 1. The molecule has 1 rings (SSSR count). The number of aliphatic hydroxyl groups is 1. The molecule has 7 heteroatoms. The lowest BCUT2D eigenvalue weighted by Gasteiger charge is -2.19. The average molecular weight is 287 g/mol. The third-order valence-corrected chi connectivity index (χ3v) is 4.24. The maximum atomic E-state index is 12.1. The van der Waals surface area contributed by atoms with Crippen molar-refractivity contribution in [1.82, 2.24) is 4.72 Å². The molecule has 0 heterocycles. The van der Waals surface area contributed by atoms with Crippen LogP contribution in [-0.2, 0) is 14.8 Å². The van der Waals surface area contributed by atoms with Crippen molar-refractivity contribution < 1.29 is 23.4 Å². The average Bonchev–Trinajstić information content (AvgIpc) is 2.30. The second kappa shape index (κ2) is 5.28. The summed E-state index contributed by atoms with van der Waals surface area (Å²) in [6.45, 7) is 3.83. The Bertz CT molecular complexity index is 592. The Morgan fingerprint density at radius 2 is 1.95 bits per heavy atom. The molecule has 0 aromatic heterocycles. The summed E-state index contributed by atoms with van der Waals surface area (Å²) in [5.41, 5.74) is -0.825. The van der Waals surface area contributed by atoms with Gasteiger partial charge in [0.25, 0.3) is 0 Å². The number of benzene rings is 1. The third-order valence-electron chi connectivity index (χ3n) is 2.70. The Hall–Kier alpha value is -1.44. The van der Waals surface area contributed by atoms with Gasteiger partial charge in [-0.3, -0.25) is 0 Å². The summed E-state index contributed by atoms with van der Waals surface area (Å²) in [5.74, 6) is -1.49. The van der Waals surface area contributed by atoms with E-state index in [1.165, 1.54) is 6.07 Å². The number of carboxylic acids is 1. The summed E-state index contributed by atoms with van der Waals surface area (Å²) < 4.78 is 26.2. The van der Waals surface area contributed by atoms with Gasteiger partial charge >= 0.3 is 5.97 Å². The molecule has 0 amide bonds. The van der Waals surface area contributed by atoms with Gasteiger partial charge < -0.3 is 10.2 Å². The Balaban J connectivity index is 3.00. The standard InChI is InChI=1S/C12H17NO5S/c1-8-4-5-9(2)10(6-8)19(17,18)13-7-12(3,16)11(14)15/h4-6,13,16H,7H2,1-3H3,(H,14,15). The maximum Gasteiger partial charge on any atom is 0.336 e. The van der Waals surface area contributed by atoms with Crippen LogP contribution in [0.1, 0.15) is 18.1 Å². The molecule has 1 atom stereocenters. The molecule has 6 nitrogen and oxygen atoms in total. The Morgan fingerprint density at radius 3 is 2.47 bits per heavy atom. The van der Waals surface area contributed by atoms with Crippen LogP contribution in [-0.4, -0.2) is 36.7 Å². The monoisotopic (exact) mass is 287 g/mol. The molecule has 0 saturated heterocycles. The van der Waals surface area contributed by atoms with Crippen LogP contribution in [0.15, 0.2) is 23.1 Å². The van der Waals surface area contributed by atoms with Crippen LogP contribution in [0.3, 0.4) is 0 Å². The summed E-state index contributed by atoms with van der Waals surface area (Å²) in [7, 11) is -3.85. The molecule has 0 spiro atoms.